The molecule has 0 N–H and O–H groups in total. The standard InChI is InChI=1S/C15H27ClO/c1-2-6-13(16)7-5-8-14-9-12-15(17-14)10-3-4-11-15/h13-14H,2-12H2,1H3. The van der Waals surface area contributed by atoms with Crippen molar-refractivity contribution >= 4 is 11.6 Å². The first-order chi connectivity index (χ1) is 8.24. The summed E-state index contributed by atoms with van der Waals surface area (Å²) < 4.78 is 6.31. The fourth-order valence-corrected chi connectivity index (χ4v) is 3.88. The molecule has 2 heteroatoms. The average Bonchev–Trinajstić information content (AvgIpc) is 2.91. The van der Waals surface area contributed by atoms with E-state index in [2.05, 4.69) is 6.92 Å². The van der Waals surface area contributed by atoms with E-state index in [1.807, 2.05) is 0 Å². The average molecular weight is 259 g/mol. The van der Waals surface area contributed by atoms with Gasteiger partial charge >= 0.3 is 0 Å². The van der Waals surface area contributed by atoms with Crippen LogP contribution in [0.4, 0.5) is 0 Å². The normalized spacial score (nSPS) is 28.9. The van der Waals surface area contributed by atoms with E-state index in [0.29, 0.717) is 17.1 Å². The lowest BCUT2D eigenvalue weighted by molar-refractivity contribution is -0.0395. The summed E-state index contributed by atoms with van der Waals surface area (Å²) in [5.74, 6) is 0. The molecule has 1 saturated carbocycles. The third kappa shape index (κ3) is 3.86. The van der Waals surface area contributed by atoms with E-state index in [0.717, 1.165) is 6.42 Å². The molecule has 2 unspecified atom stereocenters. The minimum absolute atomic E-state index is 0.314. The molecule has 2 rings (SSSR count). The van der Waals surface area contributed by atoms with Crippen LogP contribution < -0.4 is 0 Å². The molecule has 1 aliphatic heterocycles. The second-order valence-corrected chi connectivity index (χ2v) is 6.60. The second kappa shape index (κ2) is 6.43. The Morgan fingerprint density at radius 2 is 2.00 bits per heavy atom. The highest BCUT2D eigenvalue weighted by Gasteiger charge is 2.41. The Kier molecular flexibility index (Phi) is 5.17. The summed E-state index contributed by atoms with van der Waals surface area (Å²) in [7, 11) is 0. The summed E-state index contributed by atoms with van der Waals surface area (Å²) in [6.45, 7) is 2.21. The SMILES string of the molecule is CCCC(Cl)CCCC1CCC2(CCCC2)O1. The van der Waals surface area contributed by atoms with E-state index in [1.165, 1.54) is 64.2 Å². The van der Waals surface area contributed by atoms with Gasteiger partial charge in [-0.15, -0.1) is 11.6 Å². The van der Waals surface area contributed by atoms with Crippen LogP contribution in [0.1, 0.15) is 77.6 Å². The quantitative estimate of drug-likeness (QED) is 0.606. The number of rotatable bonds is 6. The maximum absolute atomic E-state index is 6.31. The molecule has 2 aliphatic rings. The van der Waals surface area contributed by atoms with Crippen molar-refractivity contribution in [2.45, 2.75) is 94.6 Å². The molecular weight excluding hydrogens is 232 g/mol. The van der Waals surface area contributed by atoms with Gasteiger partial charge in [-0.2, -0.15) is 0 Å². The highest BCUT2D eigenvalue weighted by molar-refractivity contribution is 6.20. The molecular formula is C15H27ClO. The molecule has 0 aromatic carbocycles. The molecule has 1 heterocycles. The van der Waals surface area contributed by atoms with Crippen molar-refractivity contribution in [1.29, 1.82) is 0 Å². The summed E-state index contributed by atoms with van der Waals surface area (Å²) >= 11 is 6.25. The molecule has 1 saturated heterocycles. The maximum atomic E-state index is 6.31. The minimum atomic E-state index is 0.314. The highest BCUT2D eigenvalue weighted by Crippen LogP contribution is 2.44. The van der Waals surface area contributed by atoms with Crippen LogP contribution >= 0.6 is 11.6 Å². The van der Waals surface area contributed by atoms with Gasteiger partial charge in [-0.25, -0.2) is 0 Å². The zero-order valence-corrected chi connectivity index (χ0v) is 12.0. The van der Waals surface area contributed by atoms with E-state index in [9.17, 15) is 0 Å². The summed E-state index contributed by atoms with van der Waals surface area (Å²) in [6.07, 6.45) is 14.6. The molecule has 2 fully saturated rings. The van der Waals surface area contributed by atoms with Crippen molar-refractivity contribution in [3.05, 3.63) is 0 Å². The predicted molar refractivity (Wildman–Crippen MR) is 73.7 cm³/mol. The number of halogens is 1. The Labute approximate surface area is 111 Å². The fourth-order valence-electron chi connectivity index (χ4n) is 3.51. The number of hydrogen-bond acceptors (Lipinski definition) is 1. The van der Waals surface area contributed by atoms with Crippen LogP contribution in [0.5, 0.6) is 0 Å². The molecule has 0 radical (unpaired) electrons. The van der Waals surface area contributed by atoms with Gasteiger partial charge in [0.05, 0.1) is 11.7 Å². The van der Waals surface area contributed by atoms with E-state index < -0.39 is 0 Å². The smallest absolute Gasteiger partial charge is 0.0687 e. The Morgan fingerprint density at radius 1 is 1.24 bits per heavy atom. The van der Waals surface area contributed by atoms with Crippen LogP contribution in [0.3, 0.4) is 0 Å². The monoisotopic (exact) mass is 258 g/mol. The molecule has 2 atom stereocenters. The third-order valence-electron chi connectivity index (χ3n) is 4.50. The van der Waals surface area contributed by atoms with Crippen LogP contribution in [0, 0.1) is 0 Å². The van der Waals surface area contributed by atoms with E-state index in [1.54, 1.807) is 0 Å². The molecule has 0 aromatic rings. The van der Waals surface area contributed by atoms with Gasteiger partial charge in [0.25, 0.3) is 0 Å². The minimum Gasteiger partial charge on any atom is -0.372 e. The molecule has 1 nitrogen and oxygen atoms in total. The van der Waals surface area contributed by atoms with Gasteiger partial charge < -0.3 is 4.74 Å². The predicted octanol–water partition coefficient (Wildman–Crippen LogP) is 5.06. The lowest BCUT2D eigenvalue weighted by Gasteiger charge is -2.23. The molecule has 17 heavy (non-hydrogen) atoms. The van der Waals surface area contributed by atoms with Gasteiger partial charge in [-0.05, 0) is 51.4 Å². The van der Waals surface area contributed by atoms with Crippen molar-refractivity contribution in [2.75, 3.05) is 0 Å². The van der Waals surface area contributed by atoms with Crippen LogP contribution in [0.25, 0.3) is 0 Å². The number of alkyl halides is 1. The van der Waals surface area contributed by atoms with E-state index >= 15 is 0 Å². The first-order valence-electron chi connectivity index (χ1n) is 7.56. The fraction of sp³-hybridized carbons (Fsp3) is 1.00. The van der Waals surface area contributed by atoms with Crippen molar-refractivity contribution in [1.82, 2.24) is 0 Å². The Bertz CT molecular complexity index is 223. The zero-order chi connectivity index (χ0) is 12.1. The van der Waals surface area contributed by atoms with Crippen molar-refractivity contribution in [3.8, 4) is 0 Å². The van der Waals surface area contributed by atoms with Crippen LogP contribution in [-0.4, -0.2) is 17.1 Å². The third-order valence-corrected chi connectivity index (χ3v) is 4.94. The zero-order valence-electron chi connectivity index (χ0n) is 11.2. The van der Waals surface area contributed by atoms with Crippen molar-refractivity contribution in [2.24, 2.45) is 0 Å². The number of hydrogen-bond donors (Lipinski definition) is 0. The van der Waals surface area contributed by atoms with Gasteiger partial charge in [0.2, 0.25) is 0 Å². The first-order valence-corrected chi connectivity index (χ1v) is 8.00. The lowest BCUT2D eigenvalue weighted by Crippen LogP contribution is -2.24. The second-order valence-electron chi connectivity index (χ2n) is 5.99. The van der Waals surface area contributed by atoms with Crippen molar-refractivity contribution in [3.63, 3.8) is 0 Å². The molecule has 1 aliphatic carbocycles. The van der Waals surface area contributed by atoms with Crippen LogP contribution in [-0.2, 0) is 4.74 Å². The molecule has 100 valence electrons. The van der Waals surface area contributed by atoms with Crippen LogP contribution in [0.2, 0.25) is 0 Å². The highest BCUT2D eigenvalue weighted by atomic mass is 35.5. The van der Waals surface area contributed by atoms with Crippen molar-refractivity contribution < 1.29 is 4.74 Å². The Balaban J connectivity index is 1.61. The van der Waals surface area contributed by atoms with Crippen LogP contribution in [0.15, 0.2) is 0 Å². The Hall–Kier alpha value is 0.250. The largest absolute Gasteiger partial charge is 0.372 e. The van der Waals surface area contributed by atoms with E-state index in [-0.39, 0.29) is 0 Å². The van der Waals surface area contributed by atoms with Gasteiger partial charge in [-0.1, -0.05) is 26.2 Å². The van der Waals surface area contributed by atoms with Gasteiger partial charge in [0.1, 0.15) is 0 Å². The number of ether oxygens (including phenoxy) is 1. The van der Waals surface area contributed by atoms with E-state index in [4.69, 9.17) is 16.3 Å². The van der Waals surface area contributed by atoms with Gasteiger partial charge in [0, 0.05) is 5.38 Å². The molecule has 1 spiro atoms. The summed E-state index contributed by atoms with van der Waals surface area (Å²) in [5.41, 5.74) is 0.314. The molecule has 0 aromatic heterocycles. The van der Waals surface area contributed by atoms with Gasteiger partial charge in [-0.3, -0.25) is 0 Å². The first kappa shape index (κ1) is 13.7. The summed E-state index contributed by atoms with van der Waals surface area (Å²) in [5, 5.41) is 0.391. The lowest BCUT2D eigenvalue weighted by atomic mass is 9.97. The maximum Gasteiger partial charge on any atom is 0.0687 e. The van der Waals surface area contributed by atoms with Gasteiger partial charge in [0.15, 0.2) is 0 Å². The molecule has 0 amide bonds. The topological polar surface area (TPSA) is 9.23 Å². The Morgan fingerprint density at radius 3 is 2.71 bits per heavy atom. The molecule has 0 bridgehead atoms. The summed E-state index contributed by atoms with van der Waals surface area (Å²) in [4.78, 5) is 0. The summed E-state index contributed by atoms with van der Waals surface area (Å²) in [6, 6.07) is 0.